The minimum atomic E-state index is -3.79. The third-order valence-electron chi connectivity index (χ3n) is 3.46. The summed E-state index contributed by atoms with van der Waals surface area (Å²) in [5, 5.41) is 7.79. The second kappa shape index (κ2) is 7.99. The van der Waals surface area contributed by atoms with Gasteiger partial charge in [-0.25, -0.2) is 13.6 Å². The molecule has 0 aliphatic heterocycles. The topological polar surface area (TPSA) is 89.3 Å². The molecule has 124 valence electrons. The molecule has 0 spiro atoms. The van der Waals surface area contributed by atoms with E-state index in [0.717, 1.165) is 29.7 Å². The zero-order valence-electron chi connectivity index (χ0n) is 13.5. The molecule has 1 amide bonds. The zero-order chi connectivity index (χ0) is 16.9. The first-order valence-electron chi connectivity index (χ1n) is 7.23. The normalized spacial score (nSPS) is 13.0. The molecular formula is C15H24N2O3S2. The lowest BCUT2D eigenvalue weighted by Gasteiger charge is -2.15. The van der Waals surface area contributed by atoms with Crippen LogP contribution in [0.3, 0.4) is 0 Å². The van der Waals surface area contributed by atoms with Gasteiger partial charge in [0.05, 0.1) is 10.1 Å². The fourth-order valence-electron chi connectivity index (χ4n) is 1.83. The van der Waals surface area contributed by atoms with E-state index >= 15 is 0 Å². The van der Waals surface area contributed by atoms with Crippen LogP contribution in [-0.4, -0.2) is 25.3 Å². The summed E-state index contributed by atoms with van der Waals surface area (Å²) < 4.78 is 23.0. The fourth-order valence-corrected chi connectivity index (χ4v) is 3.48. The van der Waals surface area contributed by atoms with Crippen LogP contribution in [0, 0.1) is 13.8 Å². The maximum Gasteiger partial charge on any atom is 0.238 e. The molecule has 0 fully saturated rings. The monoisotopic (exact) mass is 344 g/mol. The molecule has 0 bridgehead atoms. The number of sulfonamides is 1. The van der Waals surface area contributed by atoms with Crippen LogP contribution in [0.2, 0.25) is 0 Å². The van der Waals surface area contributed by atoms with Crippen molar-refractivity contribution in [1.29, 1.82) is 0 Å². The molecule has 5 nitrogen and oxygen atoms in total. The Bertz CT molecular complexity index is 642. The molecule has 3 N–H and O–H groups in total. The van der Waals surface area contributed by atoms with Crippen LogP contribution in [0.25, 0.3) is 0 Å². The molecule has 1 rings (SSSR count). The van der Waals surface area contributed by atoms with Gasteiger partial charge in [-0.15, -0.1) is 11.8 Å². The number of unbranched alkanes of at least 4 members (excludes halogenated alkanes) is 1. The Kier molecular flexibility index (Phi) is 6.90. The van der Waals surface area contributed by atoms with E-state index in [1.165, 1.54) is 12.1 Å². The van der Waals surface area contributed by atoms with Crippen molar-refractivity contribution in [3.8, 4) is 0 Å². The number of thioether (sulfide) groups is 1. The molecule has 0 radical (unpaired) electrons. The number of benzene rings is 1. The van der Waals surface area contributed by atoms with Crippen molar-refractivity contribution < 1.29 is 13.2 Å². The van der Waals surface area contributed by atoms with Crippen molar-refractivity contribution in [2.75, 3.05) is 11.1 Å². The second-order valence-corrected chi connectivity index (χ2v) is 8.32. The average molecular weight is 345 g/mol. The van der Waals surface area contributed by atoms with Gasteiger partial charge in [0, 0.05) is 5.69 Å². The lowest BCUT2D eigenvalue weighted by molar-refractivity contribution is -0.115. The SMILES string of the molecule is CCCCS[C@@H](C)C(=O)Nc1cc(S(N)(=O)=O)cc(C)c1C. The lowest BCUT2D eigenvalue weighted by atomic mass is 10.1. The summed E-state index contributed by atoms with van der Waals surface area (Å²) in [6.45, 7) is 7.59. The number of carbonyl (C=O) groups is 1. The van der Waals surface area contributed by atoms with Crippen LogP contribution in [0.1, 0.15) is 37.8 Å². The summed E-state index contributed by atoms with van der Waals surface area (Å²) in [7, 11) is -3.79. The predicted molar refractivity (Wildman–Crippen MR) is 92.7 cm³/mol. The Morgan fingerprint density at radius 2 is 2.00 bits per heavy atom. The van der Waals surface area contributed by atoms with Crippen molar-refractivity contribution in [3.63, 3.8) is 0 Å². The number of carbonyl (C=O) groups excluding carboxylic acids is 1. The quantitative estimate of drug-likeness (QED) is 0.744. The number of hydrogen-bond donors (Lipinski definition) is 2. The van der Waals surface area contributed by atoms with E-state index in [1.54, 1.807) is 18.7 Å². The minimum absolute atomic E-state index is 0.0113. The first kappa shape index (κ1) is 19.0. The third-order valence-corrected chi connectivity index (χ3v) is 5.59. The van der Waals surface area contributed by atoms with E-state index in [1.807, 2.05) is 13.8 Å². The maximum atomic E-state index is 12.2. The van der Waals surface area contributed by atoms with Crippen molar-refractivity contribution in [3.05, 3.63) is 23.3 Å². The Morgan fingerprint density at radius 3 is 2.55 bits per heavy atom. The minimum Gasteiger partial charge on any atom is -0.325 e. The molecule has 7 heteroatoms. The molecule has 1 aromatic carbocycles. The number of amides is 1. The van der Waals surface area contributed by atoms with Crippen LogP contribution in [-0.2, 0) is 14.8 Å². The van der Waals surface area contributed by atoms with Crippen LogP contribution in [0.4, 0.5) is 5.69 Å². The Balaban J connectivity index is 2.93. The number of nitrogens with one attached hydrogen (secondary N) is 1. The van der Waals surface area contributed by atoms with E-state index in [-0.39, 0.29) is 16.1 Å². The van der Waals surface area contributed by atoms with E-state index in [9.17, 15) is 13.2 Å². The van der Waals surface area contributed by atoms with Gasteiger partial charge >= 0.3 is 0 Å². The smallest absolute Gasteiger partial charge is 0.238 e. The molecule has 0 aliphatic rings. The molecule has 22 heavy (non-hydrogen) atoms. The summed E-state index contributed by atoms with van der Waals surface area (Å²) in [4.78, 5) is 12.2. The molecule has 0 saturated heterocycles. The van der Waals surface area contributed by atoms with E-state index in [0.29, 0.717) is 5.69 Å². The number of hydrogen-bond acceptors (Lipinski definition) is 4. The second-order valence-electron chi connectivity index (χ2n) is 5.31. The maximum absolute atomic E-state index is 12.2. The van der Waals surface area contributed by atoms with Gasteiger partial charge in [-0.05, 0) is 56.2 Å². The van der Waals surface area contributed by atoms with Crippen LogP contribution >= 0.6 is 11.8 Å². The highest BCUT2D eigenvalue weighted by atomic mass is 32.2. The summed E-state index contributed by atoms with van der Waals surface area (Å²) >= 11 is 1.59. The highest BCUT2D eigenvalue weighted by molar-refractivity contribution is 8.00. The van der Waals surface area contributed by atoms with Gasteiger partial charge in [-0.3, -0.25) is 4.79 Å². The lowest BCUT2D eigenvalue weighted by Crippen LogP contribution is -2.24. The number of aryl methyl sites for hydroxylation is 1. The van der Waals surface area contributed by atoms with Crippen molar-refractivity contribution >= 4 is 33.4 Å². The zero-order valence-corrected chi connectivity index (χ0v) is 15.1. The number of anilines is 1. The van der Waals surface area contributed by atoms with Crippen LogP contribution in [0.5, 0.6) is 0 Å². The van der Waals surface area contributed by atoms with E-state index in [4.69, 9.17) is 5.14 Å². The Morgan fingerprint density at radius 1 is 1.36 bits per heavy atom. The van der Waals surface area contributed by atoms with Crippen molar-refractivity contribution in [1.82, 2.24) is 0 Å². The van der Waals surface area contributed by atoms with Crippen LogP contribution < -0.4 is 10.5 Å². The molecular weight excluding hydrogens is 320 g/mol. The summed E-state index contributed by atoms with van der Waals surface area (Å²) in [5.41, 5.74) is 2.11. The van der Waals surface area contributed by atoms with Crippen molar-refractivity contribution in [2.45, 2.75) is 50.7 Å². The van der Waals surface area contributed by atoms with Gasteiger partial charge in [-0.1, -0.05) is 13.3 Å². The first-order chi connectivity index (χ1) is 10.2. The molecule has 1 atom stereocenters. The van der Waals surface area contributed by atoms with E-state index in [2.05, 4.69) is 12.2 Å². The summed E-state index contributed by atoms with van der Waals surface area (Å²) in [6, 6.07) is 2.93. The highest BCUT2D eigenvalue weighted by Gasteiger charge is 2.17. The summed E-state index contributed by atoms with van der Waals surface area (Å²) in [5.74, 6) is 0.801. The largest absolute Gasteiger partial charge is 0.325 e. The predicted octanol–water partition coefficient (Wildman–Crippen LogP) is 2.81. The Labute approximate surface area is 137 Å². The van der Waals surface area contributed by atoms with Crippen molar-refractivity contribution in [2.24, 2.45) is 5.14 Å². The highest BCUT2D eigenvalue weighted by Crippen LogP contribution is 2.24. The van der Waals surface area contributed by atoms with Gasteiger partial charge in [0.25, 0.3) is 0 Å². The van der Waals surface area contributed by atoms with Gasteiger partial charge in [-0.2, -0.15) is 0 Å². The van der Waals surface area contributed by atoms with E-state index < -0.39 is 10.0 Å². The molecule has 0 saturated carbocycles. The summed E-state index contributed by atoms with van der Waals surface area (Å²) in [6.07, 6.45) is 2.16. The fraction of sp³-hybridized carbons (Fsp3) is 0.533. The van der Waals surface area contributed by atoms with Gasteiger partial charge < -0.3 is 5.32 Å². The number of nitrogens with two attached hydrogens (primary N) is 1. The standard InChI is InChI=1S/C15H24N2O3S2/c1-5-6-7-21-12(4)15(18)17-14-9-13(22(16,19)20)8-10(2)11(14)3/h8-9,12H,5-7H2,1-4H3,(H,17,18)(H2,16,19,20)/t12-/m0/s1. The van der Waals surface area contributed by atoms with Gasteiger partial charge in [0.15, 0.2) is 0 Å². The number of primary sulfonamides is 1. The first-order valence-corrected chi connectivity index (χ1v) is 9.82. The van der Waals surface area contributed by atoms with Crippen LogP contribution in [0.15, 0.2) is 17.0 Å². The molecule has 1 aromatic rings. The third kappa shape index (κ3) is 5.30. The Hall–Kier alpha value is -1.05. The molecule has 0 heterocycles. The van der Waals surface area contributed by atoms with Gasteiger partial charge in [0.1, 0.15) is 0 Å². The average Bonchev–Trinajstić information content (AvgIpc) is 2.42. The molecule has 0 aromatic heterocycles. The number of rotatable bonds is 7. The molecule has 0 aliphatic carbocycles. The van der Waals surface area contributed by atoms with Gasteiger partial charge in [0.2, 0.25) is 15.9 Å². The molecule has 0 unspecified atom stereocenters.